The number of hydrogen-bond donors (Lipinski definition) is 1. The number of carboxylic acid groups (broad SMARTS) is 1. The molecule has 1 saturated heterocycles. The highest BCUT2D eigenvalue weighted by atomic mass is 79.9. The Morgan fingerprint density at radius 2 is 2.17 bits per heavy atom. The van der Waals surface area contributed by atoms with E-state index in [9.17, 15) is 9.59 Å². The average Bonchev–Trinajstić information content (AvgIpc) is 2.60. The van der Waals surface area contributed by atoms with Crippen LogP contribution in [0.2, 0.25) is 5.02 Å². The Kier molecular flexibility index (Phi) is 3.77. The summed E-state index contributed by atoms with van der Waals surface area (Å²) in [5.41, 5.74) is 0.595. The van der Waals surface area contributed by atoms with Gasteiger partial charge in [-0.15, -0.1) is 0 Å². The minimum atomic E-state index is -1.02. The van der Waals surface area contributed by atoms with E-state index >= 15 is 0 Å². The van der Waals surface area contributed by atoms with E-state index in [-0.39, 0.29) is 12.6 Å². The van der Waals surface area contributed by atoms with Crippen molar-refractivity contribution in [2.75, 3.05) is 24.5 Å². The summed E-state index contributed by atoms with van der Waals surface area (Å²) in [5.74, 6) is -1.02. The van der Waals surface area contributed by atoms with Gasteiger partial charge in [-0.2, -0.15) is 0 Å². The zero-order chi connectivity index (χ0) is 13.3. The van der Waals surface area contributed by atoms with E-state index in [4.69, 9.17) is 16.7 Å². The Bertz CT molecular complexity index is 509. The van der Waals surface area contributed by atoms with E-state index < -0.39 is 5.97 Å². The van der Waals surface area contributed by atoms with E-state index in [1.807, 2.05) is 0 Å². The van der Waals surface area contributed by atoms with Crippen molar-refractivity contribution in [3.8, 4) is 0 Å². The first-order chi connectivity index (χ1) is 8.49. The molecule has 7 heteroatoms. The summed E-state index contributed by atoms with van der Waals surface area (Å²) in [6, 6.07) is 4.88. The monoisotopic (exact) mass is 332 g/mol. The Labute approximate surface area is 117 Å². The molecule has 0 unspecified atom stereocenters. The number of halogens is 2. The van der Waals surface area contributed by atoms with Gasteiger partial charge in [-0.3, -0.25) is 9.69 Å². The molecular weight excluding hydrogens is 323 g/mol. The van der Waals surface area contributed by atoms with Gasteiger partial charge >= 0.3 is 12.0 Å². The number of carboxylic acids is 1. The van der Waals surface area contributed by atoms with Crippen LogP contribution in [0.25, 0.3) is 0 Å². The summed E-state index contributed by atoms with van der Waals surface area (Å²) in [6.07, 6.45) is 0. The fourth-order valence-electron chi connectivity index (χ4n) is 1.82. The van der Waals surface area contributed by atoms with Gasteiger partial charge in [-0.05, 0) is 18.2 Å². The first kappa shape index (κ1) is 13.2. The SMILES string of the molecule is O=C(O)CN1CCN(c2ccc(Br)cc2Cl)C1=O. The molecule has 96 valence electrons. The summed E-state index contributed by atoms with van der Waals surface area (Å²) in [4.78, 5) is 25.4. The molecule has 5 nitrogen and oxygen atoms in total. The maximum absolute atomic E-state index is 12.0. The second-order valence-corrected chi connectivity index (χ2v) is 5.17. The minimum absolute atomic E-state index is 0.288. The smallest absolute Gasteiger partial charge is 0.325 e. The van der Waals surface area contributed by atoms with E-state index in [2.05, 4.69) is 15.9 Å². The molecule has 1 N–H and O–H groups in total. The summed E-state index contributed by atoms with van der Waals surface area (Å²) < 4.78 is 0.824. The normalized spacial score (nSPS) is 15.3. The van der Waals surface area contributed by atoms with Crippen LogP contribution in [-0.2, 0) is 4.79 Å². The lowest BCUT2D eigenvalue weighted by Crippen LogP contribution is -2.35. The van der Waals surface area contributed by atoms with Crippen molar-refractivity contribution in [3.63, 3.8) is 0 Å². The lowest BCUT2D eigenvalue weighted by molar-refractivity contribution is -0.137. The molecule has 0 aliphatic carbocycles. The molecule has 1 aromatic carbocycles. The molecule has 0 atom stereocenters. The van der Waals surface area contributed by atoms with Gasteiger partial charge in [0, 0.05) is 17.6 Å². The summed E-state index contributed by atoms with van der Waals surface area (Å²) >= 11 is 9.36. The van der Waals surface area contributed by atoms with E-state index in [0.29, 0.717) is 23.8 Å². The van der Waals surface area contributed by atoms with Crippen LogP contribution < -0.4 is 4.90 Å². The molecule has 0 aromatic heterocycles. The average molecular weight is 334 g/mol. The van der Waals surface area contributed by atoms with Crippen LogP contribution >= 0.6 is 27.5 Å². The molecule has 0 saturated carbocycles. The van der Waals surface area contributed by atoms with Crippen LogP contribution in [0.4, 0.5) is 10.5 Å². The third-order valence-electron chi connectivity index (χ3n) is 2.62. The van der Waals surface area contributed by atoms with Gasteiger partial charge in [0.15, 0.2) is 0 Å². The van der Waals surface area contributed by atoms with Crippen molar-refractivity contribution in [3.05, 3.63) is 27.7 Å². The van der Waals surface area contributed by atoms with Crippen LogP contribution in [-0.4, -0.2) is 41.6 Å². The summed E-state index contributed by atoms with van der Waals surface area (Å²) in [5, 5.41) is 9.15. The van der Waals surface area contributed by atoms with Crippen LogP contribution in [0, 0.1) is 0 Å². The molecule has 1 heterocycles. The third kappa shape index (κ3) is 2.59. The van der Waals surface area contributed by atoms with E-state index in [0.717, 1.165) is 4.47 Å². The summed E-state index contributed by atoms with van der Waals surface area (Å²) in [6.45, 7) is 0.536. The van der Waals surface area contributed by atoms with Gasteiger partial charge in [-0.25, -0.2) is 4.79 Å². The molecular formula is C11H10BrClN2O3. The number of carbonyl (C=O) groups excluding carboxylic acids is 1. The number of rotatable bonds is 3. The fraction of sp³-hybridized carbons (Fsp3) is 0.273. The molecule has 1 aliphatic heterocycles. The molecule has 2 amide bonds. The molecule has 1 fully saturated rings. The fourth-order valence-corrected chi connectivity index (χ4v) is 2.59. The Morgan fingerprint density at radius 3 is 2.78 bits per heavy atom. The number of hydrogen-bond acceptors (Lipinski definition) is 2. The van der Waals surface area contributed by atoms with Crippen molar-refractivity contribution in [2.45, 2.75) is 0 Å². The van der Waals surface area contributed by atoms with Gasteiger partial charge in [0.25, 0.3) is 0 Å². The maximum Gasteiger partial charge on any atom is 0.325 e. The van der Waals surface area contributed by atoms with Crippen LogP contribution in [0.1, 0.15) is 0 Å². The molecule has 0 spiro atoms. The number of urea groups is 1. The van der Waals surface area contributed by atoms with Crippen LogP contribution in [0.3, 0.4) is 0 Å². The highest BCUT2D eigenvalue weighted by molar-refractivity contribution is 9.10. The standard InChI is InChI=1S/C11H10BrClN2O3/c12-7-1-2-9(8(13)5-7)15-4-3-14(11(15)18)6-10(16)17/h1-2,5H,3-4,6H2,(H,16,17). The molecule has 18 heavy (non-hydrogen) atoms. The predicted molar refractivity (Wildman–Crippen MR) is 71.1 cm³/mol. The van der Waals surface area contributed by atoms with Gasteiger partial charge < -0.3 is 10.0 Å². The number of anilines is 1. The van der Waals surface area contributed by atoms with Gasteiger partial charge in [0.2, 0.25) is 0 Å². The predicted octanol–water partition coefficient (Wildman–Crippen LogP) is 2.43. The van der Waals surface area contributed by atoms with Crippen molar-refractivity contribution in [1.29, 1.82) is 0 Å². The number of benzene rings is 1. The first-order valence-electron chi connectivity index (χ1n) is 5.22. The molecule has 2 rings (SSSR count). The topological polar surface area (TPSA) is 60.9 Å². The second kappa shape index (κ2) is 5.16. The van der Waals surface area contributed by atoms with Crippen LogP contribution in [0.5, 0.6) is 0 Å². The largest absolute Gasteiger partial charge is 0.480 e. The molecule has 1 aromatic rings. The molecule has 0 bridgehead atoms. The summed E-state index contributed by atoms with van der Waals surface area (Å²) in [7, 11) is 0. The number of nitrogens with zero attached hydrogens (tertiary/aromatic N) is 2. The Balaban J connectivity index is 2.20. The zero-order valence-corrected chi connectivity index (χ0v) is 11.6. The number of amides is 2. The Hall–Kier alpha value is -1.27. The van der Waals surface area contributed by atoms with Crippen molar-refractivity contribution in [1.82, 2.24) is 4.90 Å². The van der Waals surface area contributed by atoms with Gasteiger partial charge in [0.1, 0.15) is 6.54 Å². The first-order valence-corrected chi connectivity index (χ1v) is 6.39. The van der Waals surface area contributed by atoms with Crippen molar-refractivity contribution >= 4 is 45.2 Å². The van der Waals surface area contributed by atoms with Crippen LogP contribution in [0.15, 0.2) is 22.7 Å². The van der Waals surface area contributed by atoms with Gasteiger partial charge in [0.05, 0.1) is 10.7 Å². The lowest BCUT2D eigenvalue weighted by atomic mass is 10.3. The Morgan fingerprint density at radius 1 is 1.44 bits per heavy atom. The second-order valence-electron chi connectivity index (χ2n) is 3.85. The molecule has 0 radical (unpaired) electrons. The number of aliphatic carboxylic acids is 1. The lowest BCUT2D eigenvalue weighted by Gasteiger charge is -2.18. The van der Waals surface area contributed by atoms with E-state index in [1.165, 1.54) is 9.80 Å². The number of carbonyl (C=O) groups is 2. The van der Waals surface area contributed by atoms with Gasteiger partial charge in [-0.1, -0.05) is 27.5 Å². The minimum Gasteiger partial charge on any atom is -0.480 e. The highest BCUT2D eigenvalue weighted by Crippen LogP contribution is 2.31. The maximum atomic E-state index is 12.0. The van der Waals surface area contributed by atoms with Crippen molar-refractivity contribution in [2.24, 2.45) is 0 Å². The molecule has 1 aliphatic rings. The van der Waals surface area contributed by atoms with Crippen molar-refractivity contribution < 1.29 is 14.7 Å². The quantitative estimate of drug-likeness (QED) is 0.924. The third-order valence-corrected chi connectivity index (χ3v) is 3.42. The van der Waals surface area contributed by atoms with E-state index in [1.54, 1.807) is 18.2 Å². The zero-order valence-electron chi connectivity index (χ0n) is 9.27. The highest BCUT2D eigenvalue weighted by Gasteiger charge is 2.31.